The second kappa shape index (κ2) is 13.8. The summed E-state index contributed by atoms with van der Waals surface area (Å²) in [5.74, 6) is -1.23. The number of aliphatic carboxylic acids is 1. The predicted molar refractivity (Wildman–Crippen MR) is 187 cm³/mol. The van der Waals surface area contributed by atoms with E-state index in [1.807, 2.05) is 52.0 Å². The third-order valence-electron chi connectivity index (χ3n) is 8.39. The van der Waals surface area contributed by atoms with E-state index in [0.717, 1.165) is 10.4 Å². The highest BCUT2D eigenvalue weighted by Crippen LogP contribution is 2.36. The lowest BCUT2D eigenvalue weighted by atomic mass is 9.79. The fraction of sp³-hybridized carbons (Fsp3) is 0.486. The van der Waals surface area contributed by atoms with Crippen molar-refractivity contribution in [2.75, 3.05) is 4.90 Å². The van der Waals surface area contributed by atoms with Crippen LogP contribution < -0.4 is 10.4 Å². The molecule has 1 atom stereocenters. The van der Waals surface area contributed by atoms with Gasteiger partial charge >= 0.3 is 19.2 Å². The van der Waals surface area contributed by atoms with Gasteiger partial charge in [-0.15, -0.1) is 0 Å². The molecule has 2 aromatic heterocycles. The molecule has 1 unspecified atom stereocenters. The Hall–Kier alpha value is -3.85. The second-order valence-electron chi connectivity index (χ2n) is 15.2. The number of rotatable bonds is 10. The number of carbonyl (C=O) groups excluding carboxylic acids is 1. The molecule has 1 amide bonds. The van der Waals surface area contributed by atoms with Crippen LogP contribution in [0.1, 0.15) is 80.5 Å². The van der Waals surface area contributed by atoms with E-state index in [-0.39, 0.29) is 29.6 Å². The molecule has 1 aliphatic heterocycles. The van der Waals surface area contributed by atoms with Gasteiger partial charge in [0.2, 0.25) is 0 Å². The SMILES string of the molecule is CC(C)(C)OC(=O)N(c1cccc(CN(Cc2ccc(B3OC(C)(C)C(C)(C)O3)cc2)S(=O)(=O)c2ccccn2)n1)C(C(=O)O)C(C)(C)C. The Morgan fingerprint density at radius 1 is 0.898 bits per heavy atom. The van der Waals surface area contributed by atoms with Crippen LogP contribution in [0, 0.1) is 5.41 Å². The van der Waals surface area contributed by atoms with E-state index in [1.165, 1.54) is 22.6 Å². The average molecular weight is 695 g/mol. The number of amides is 1. The molecule has 14 heteroatoms. The molecule has 0 aliphatic carbocycles. The number of carbonyl (C=O) groups is 2. The van der Waals surface area contributed by atoms with Gasteiger partial charge in [-0.05, 0) is 89.2 Å². The van der Waals surface area contributed by atoms with Crippen LogP contribution in [0.5, 0.6) is 0 Å². The van der Waals surface area contributed by atoms with Gasteiger partial charge in [-0.25, -0.2) is 32.9 Å². The minimum absolute atomic E-state index is 0.0102. The number of carboxylic acids is 1. The van der Waals surface area contributed by atoms with Gasteiger partial charge in [-0.3, -0.25) is 0 Å². The maximum Gasteiger partial charge on any atom is 0.494 e. The Morgan fingerprint density at radius 2 is 1.51 bits per heavy atom. The molecule has 3 heterocycles. The number of hydrogen-bond acceptors (Lipinski definition) is 9. The first-order valence-electron chi connectivity index (χ1n) is 16.1. The van der Waals surface area contributed by atoms with E-state index in [9.17, 15) is 23.1 Å². The monoisotopic (exact) mass is 694 g/mol. The number of carboxylic acid groups (broad SMARTS) is 1. The zero-order valence-electron chi connectivity index (χ0n) is 29.9. The van der Waals surface area contributed by atoms with Gasteiger partial charge in [0.1, 0.15) is 17.5 Å². The highest BCUT2D eigenvalue weighted by molar-refractivity contribution is 7.89. The summed E-state index contributed by atoms with van der Waals surface area (Å²) in [6.45, 7) is 17.8. The average Bonchev–Trinajstić information content (AvgIpc) is 3.20. The molecule has 1 aliphatic rings. The number of aromatic nitrogens is 2. The van der Waals surface area contributed by atoms with Crippen molar-refractivity contribution in [1.29, 1.82) is 0 Å². The zero-order valence-corrected chi connectivity index (χ0v) is 30.7. The summed E-state index contributed by atoms with van der Waals surface area (Å²) in [7, 11) is -4.72. The fourth-order valence-electron chi connectivity index (χ4n) is 5.20. The number of sulfonamides is 1. The Morgan fingerprint density at radius 3 is 2.02 bits per heavy atom. The molecule has 1 saturated heterocycles. The minimum Gasteiger partial charge on any atom is -0.480 e. The summed E-state index contributed by atoms with van der Waals surface area (Å²) in [6.07, 6.45) is 0.514. The minimum atomic E-state index is -4.15. The molecule has 12 nitrogen and oxygen atoms in total. The van der Waals surface area contributed by atoms with E-state index < -0.39 is 57.5 Å². The van der Waals surface area contributed by atoms with Gasteiger partial charge in [-0.2, -0.15) is 4.31 Å². The van der Waals surface area contributed by atoms with Crippen LogP contribution in [-0.2, 0) is 42.0 Å². The molecule has 3 aromatic rings. The summed E-state index contributed by atoms with van der Waals surface area (Å²) in [6, 6.07) is 15.3. The highest BCUT2D eigenvalue weighted by Gasteiger charge is 2.51. The van der Waals surface area contributed by atoms with Crippen molar-refractivity contribution in [1.82, 2.24) is 14.3 Å². The maximum atomic E-state index is 14.0. The molecule has 1 aromatic carbocycles. The standard InChI is InChI=1S/C35H47BN4O8S/c1-32(2,3)29(30(41)42)40(31(43)46-33(4,5)6)27-15-13-14-26(38-27)23-39(49(44,45)28-16-11-12-21-37-28)22-24-17-19-25(20-18-24)36-47-34(7,8)35(9,10)48-36/h11-21,29H,22-23H2,1-10H3,(H,41,42). The third kappa shape index (κ3) is 8.85. The molecule has 0 radical (unpaired) electrons. The summed E-state index contributed by atoms with van der Waals surface area (Å²) in [5, 5.41) is 10.1. The van der Waals surface area contributed by atoms with E-state index in [1.54, 1.807) is 65.8 Å². The number of anilines is 1. The number of nitrogens with zero attached hydrogens (tertiary/aromatic N) is 4. The van der Waals surface area contributed by atoms with Crippen molar-refractivity contribution < 1.29 is 37.2 Å². The second-order valence-corrected chi connectivity index (χ2v) is 17.1. The van der Waals surface area contributed by atoms with Gasteiger partial charge in [0, 0.05) is 12.7 Å². The summed E-state index contributed by atoms with van der Waals surface area (Å²) >= 11 is 0. The van der Waals surface area contributed by atoms with Crippen LogP contribution in [0.25, 0.3) is 0 Å². The molecular formula is C35H47BN4O8S. The van der Waals surface area contributed by atoms with Gasteiger partial charge in [0.05, 0.1) is 23.4 Å². The Kier molecular flexibility index (Phi) is 10.7. The smallest absolute Gasteiger partial charge is 0.480 e. The molecule has 49 heavy (non-hydrogen) atoms. The van der Waals surface area contributed by atoms with Crippen molar-refractivity contribution >= 4 is 40.5 Å². The fourth-order valence-corrected chi connectivity index (χ4v) is 6.53. The lowest BCUT2D eigenvalue weighted by molar-refractivity contribution is -0.141. The van der Waals surface area contributed by atoms with E-state index in [4.69, 9.17) is 14.0 Å². The van der Waals surface area contributed by atoms with E-state index >= 15 is 0 Å². The molecule has 1 N–H and O–H groups in total. The number of benzene rings is 1. The van der Waals surface area contributed by atoms with Crippen LogP contribution in [0.15, 0.2) is 71.9 Å². The molecule has 1 fully saturated rings. The highest BCUT2D eigenvalue weighted by atomic mass is 32.2. The van der Waals surface area contributed by atoms with E-state index in [0.29, 0.717) is 5.56 Å². The Labute approximate surface area is 290 Å². The largest absolute Gasteiger partial charge is 0.494 e. The van der Waals surface area contributed by atoms with Crippen molar-refractivity contribution in [3.05, 3.63) is 78.1 Å². The zero-order chi connectivity index (χ0) is 36.6. The number of ether oxygens (including phenoxy) is 1. The summed E-state index contributed by atoms with van der Waals surface area (Å²) in [4.78, 5) is 35.8. The number of hydrogen-bond donors (Lipinski definition) is 1. The molecule has 0 saturated carbocycles. The van der Waals surface area contributed by atoms with Crippen LogP contribution in [0.2, 0.25) is 0 Å². The summed E-state index contributed by atoms with van der Waals surface area (Å²) < 4.78 is 47.2. The maximum absolute atomic E-state index is 14.0. The van der Waals surface area contributed by atoms with Crippen LogP contribution in [-0.4, -0.2) is 69.8 Å². The van der Waals surface area contributed by atoms with Gasteiger partial charge < -0.3 is 19.2 Å². The predicted octanol–water partition coefficient (Wildman–Crippen LogP) is 5.41. The Balaban J connectivity index is 1.71. The third-order valence-corrected chi connectivity index (χ3v) is 10.1. The summed E-state index contributed by atoms with van der Waals surface area (Å²) in [5.41, 5.74) is -1.10. The molecular weight excluding hydrogens is 647 g/mol. The Bertz CT molecular complexity index is 1740. The van der Waals surface area contributed by atoms with Crippen molar-refractivity contribution in [3.63, 3.8) is 0 Å². The van der Waals surface area contributed by atoms with Gasteiger partial charge in [0.25, 0.3) is 10.0 Å². The van der Waals surface area contributed by atoms with Crippen molar-refractivity contribution in [3.8, 4) is 0 Å². The lowest BCUT2D eigenvalue weighted by Crippen LogP contribution is -2.54. The molecule has 264 valence electrons. The van der Waals surface area contributed by atoms with Gasteiger partial charge in [0.15, 0.2) is 5.03 Å². The molecule has 0 bridgehead atoms. The van der Waals surface area contributed by atoms with Crippen LogP contribution >= 0.6 is 0 Å². The van der Waals surface area contributed by atoms with E-state index in [2.05, 4.69) is 9.97 Å². The van der Waals surface area contributed by atoms with Gasteiger partial charge in [-0.1, -0.05) is 57.2 Å². The molecule has 0 spiro atoms. The normalized spacial score (nSPS) is 16.8. The first kappa shape index (κ1) is 38.0. The molecule has 4 rings (SSSR count). The lowest BCUT2D eigenvalue weighted by Gasteiger charge is -2.37. The quantitative estimate of drug-likeness (QED) is 0.273. The van der Waals surface area contributed by atoms with Crippen molar-refractivity contribution in [2.24, 2.45) is 5.41 Å². The topological polar surface area (TPSA) is 148 Å². The number of pyridine rings is 2. The first-order valence-corrected chi connectivity index (χ1v) is 17.5. The first-order chi connectivity index (χ1) is 22.5. The van der Waals surface area contributed by atoms with Crippen LogP contribution in [0.3, 0.4) is 0 Å². The van der Waals surface area contributed by atoms with Crippen LogP contribution in [0.4, 0.5) is 10.6 Å². The van der Waals surface area contributed by atoms with Crippen molar-refractivity contribution in [2.45, 2.75) is 110 Å².